The molecule has 2 N–H and O–H groups in total. The van der Waals surface area contributed by atoms with Crippen LogP contribution >= 0.6 is 0 Å². The quantitative estimate of drug-likeness (QED) is 0.877. The zero-order chi connectivity index (χ0) is 13.9. The highest BCUT2D eigenvalue weighted by Crippen LogP contribution is 2.30. The Morgan fingerprint density at radius 3 is 2.95 bits per heavy atom. The van der Waals surface area contributed by atoms with E-state index in [-0.39, 0.29) is 5.82 Å². The van der Waals surface area contributed by atoms with Crippen molar-refractivity contribution in [3.63, 3.8) is 0 Å². The van der Waals surface area contributed by atoms with Crippen molar-refractivity contribution in [2.45, 2.75) is 38.8 Å². The van der Waals surface area contributed by atoms with E-state index in [9.17, 15) is 9.50 Å². The molecule has 1 unspecified atom stereocenters. The Hall–Kier alpha value is -1.13. The molecule has 1 aliphatic rings. The summed E-state index contributed by atoms with van der Waals surface area (Å²) in [6.07, 6.45) is 1.67. The van der Waals surface area contributed by atoms with Gasteiger partial charge in [0.2, 0.25) is 0 Å². The predicted molar refractivity (Wildman–Crippen MR) is 75.9 cm³/mol. The maximum atomic E-state index is 14.2. The van der Waals surface area contributed by atoms with Gasteiger partial charge < -0.3 is 15.3 Å². The van der Waals surface area contributed by atoms with Gasteiger partial charge in [0.1, 0.15) is 5.82 Å². The highest BCUT2D eigenvalue weighted by atomic mass is 19.1. The van der Waals surface area contributed by atoms with Crippen molar-refractivity contribution in [1.82, 2.24) is 5.32 Å². The summed E-state index contributed by atoms with van der Waals surface area (Å²) in [7, 11) is 0. The molecule has 3 nitrogen and oxygen atoms in total. The Morgan fingerprint density at radius 2 is 2.26 bits per heavy atom. The molecule has 2 rings (SSSR count). The molecule has 19 heavy (non-hydrogen) atoms. The number of anilines is 1. The summed E-state index contributed by atoms with van der Waals surface area (Å²) in [5.74, 6) is -0.201. The third kappa shape index (κ3) is 3.45. The molecule has 1 atom stereocenters. The number of β-amino-alcohol motifs (C(OH)–C–C–N with tert-alkyl or cyclic N) is 1. The molecule has 1 aromatic carbocycles. The van der Waals surface area contributed by atoms with Crippen LogP contribution in [0.5, 0.6) is 0 Å². The first-order chi connectivity index (χ1) is 9.03. The van der Waals surface area contributed by atoms with Crippen molar-refractivity contribution < 1.29 is 9.50 Å². The molecular formula is C15H23FN2O. The smallest absolute Gasteiger partial charge is 0.146 e. The molecule has 0 saturated carbocycles. The van der Waals surface area contributed by atoms with Crippen molar-refractivity contribution in [3.05, 3.63) is 29.6 Å². The van der Waals surface area contributed by atoms with Gasteiger partial charge in [-0.15, -0.1) is 0 Å². The summed E-state index contributed by atoms with van der Waals surface area (Å²) in [5, 5.41) is 13.4. The van der Waals surface area contributed by atoms with Gasteiger partial charge >= 0.3 is 0 Å². The van der Waals surface area contributed by atoms with E-state index >= 15 is 0 Å². The number of aliphatic hydroxyl groups is 1. The lowest BCUT2D eigenvalue weighted by atomic mass is 9.94. The third-order valence-corrected chi connectivity index (χ3v) is 3.63. The number of nitrogens with zero attached hydrogens (tertiary/aromatic N) is 1. The Balaban J connectivity index is 2.26. The molecule has 4 heteroatoms. The van der Waals surface area contributed by atoms with Gasteiger partial charge in [-0.05, 0) is 37.9 Å². The largest absolute Gasteiger partial charge is 0.388 e. The predicted octanol–water partition coefficient (Wildman–Crippen LogP) is 2.29. The van der Waals surface area contributed by atoms with E-state index < -0.39 is 5.60 Å². The van der Waals surface area contributed by atoms with Gasteiger partial charge in [-0.3, -0.25) is 0 Å². The molecule has 0 radical (unpaired) electrons. The number of para-hydroxylation sites is 1. The summed E-state index contributed by atoms with van der Waals surface area (Å²) in [6, 6.07) is 5.19. The molecule has 1 saturated heterocycles. The number of hydrogen-bond acceptors (Lipinski definition) is 3. The maximum Gasteiger partial charge on any atom is 0.146 e. The van der Waals surface area contributed by atoms with Crippen molar-refractivity contribution in [2.24, 2.45) is 0 Å². The Morgan fingerprint density at radius 1 is 1.47 bits per heavy atom. The van der Waals surface area contributed by atoms with Crippen LogP contribution in [0.4, 0.5) is 10.1 Å². The van der Waals surface area contributed by atoms with Gasteiger partial charge in [0.15, 0.2) is 0 Å². The standard InChI is InChI=1S/C15H23FN2O/c1-3-17-10-12-6-4-7-13(16)14(12)18-9-5-8-15(2,19)11-18/h4,6-7,17,19H,3,5,8-11H2,1-2H3. The minimum Gasteiger partial charge on any atom is -0.388 e. The Labute approximate surface area is 114 Å². The number of benzene rings is 1. The van der Waals surface area contributed by atoms with E-state index in [2.05, 4.69) is 5.32 Å². The van der Waals surface area contributed by atoms with Crippen LogP contribution in [0.25, 0.3) is 0 Å². The fourth-order valence-corrected chi connectivity index (χ4v) is 2.73. The average Bonchev–Trinajstić information content (AvgIpc) is 2.35. The van der Waals surface area contributed by atoms with Crippen LogP contribution in [0.3, 0.4) is 0 Å². The first kappa shape index (κ1) is 14.3. The number of rotatable bonds is 4. The molecule has 106 valence electrons. The summed E-state index contributed by atoms with van der Waals surface area (Å²) < 4.78 is 14.2. The Kier molecular flexibility index (Phi) is 4.42. The van der Waals surface area contributed by atoms with Crippen molar-refractivity contribution in [2.75, 3.05) is 24.5 Å². The highest BCUT2D eigenvalue weighted by Gasteiger charge is 2.30. The lowest BCUT2D eigenvalue weighted by Gasteiger charge is -2.39. The molecule has 0 spiro atoms. The van der Waals surface area contributed by atoms with E-state index in [0.29, 0.717) is 18.8 Å². The van der Waals surface area contributed by atoms with Gasteiger partial charge in [0.05, 0.1) is 11.3 Å². The molecule has 1 heterocycles. The molecule has 0 aliphatic carbocycles. The Bertz CT molecular complexity index is 434. The lowest BCUT2D eigenvalue weighted by molar-refractivity contribution is 0.0447. The van der Waals surface area contributed by atoms with Crippen LogP contribution in [0.2, 0.25) is 0 Å². The van der Waals surface area contributed by atoms with Gasteiger partial charge in [0, 0.05) is 19.6 Å². The number of piperidine rings is 1. The van der Waals surface area contributed by atoms with Gasteiger partial charge in [0.25, 0.3) is 0 Å². The molecule has 0 bridgehead atoms. The van der Waals surface area contributed by atoms with Crippen LogP contribution in [0, 0.1) is 5.82 Å². The topological polar surface area (TPSA) is 35.5 Å². The zero-order valence-corrected chi connectivity index (χ0v) is 11.7. The van der Waals surface area contributed by atoms with Crippen molar-refractivity contribution in [1.29, 1.82) is 0 Å². The van der Waals surface area contributed by atoms with Crippen LogP contribution in [0.1, 0.15) is 32.3 Å². The SMILES string of the molecule is CCNCc1cccc(F)c1N1CCCC(C)(O)C1. The van der Waals surface area contributed by atoms with E-state index in [1.165, 1.54) is 6.07 Å². The van der Waals surface area contributed by atoms with Gasteiger partial charge in [-0.2, -0.15) is 0 Å². The number of halogens is 1. The molecule has 0 aromatic heterocycles. The molecule has 1 fully saturated rings. The lowest BCUT2D eigenvalue weighted by Crippen LogP contribution is -2.46. The van der Waals surface area contributed by atoms with E-state index in [1.54, 1.807) is 6.07 Å². The minimum atomic E-state index is -0.726. The second kappa shape index (κ2) is 5.88. The van der Waals surface area contributed by atoms with E-state index in [4.69, 9.17) is 0 Å². The van der Waals surface area contributed by atoms with Crippen molar-refractivity contribution in [3.8, 4) is 0 Å². The molecule has 0 amide bonds. The zero-order valence-electron chi connectivity index (χ0n) is 11.7. The maximum absolute atomic E-state index is 14.2. The first-order valence-electron chi connectivity index (χ1n) is 6.99. The monoisotopic (exact) mass is 266 g/mol. The minimum absolute atomic E-state index is 0.201. The molecule has 1 aliphatic heterocycles. The van der Waals surface area contributed by atoms with Gasteiger partial charge in [-0.1, -0.05) is 19.1 Å². The second-order valence-corrected chi connectivity index (χ2v) is 5.55. The van der Waals surface area contributed by atoms with Crippen molar-refractivity contribution >= 4 is 5.69 Å². The average molecular weight is 266 g/mol. The summed E-state index contributed by atoms with van der Waals surface area (Å²) in [4.78, 5) is 1.98. The number of nitrogens with one attached hydrogen (secondary N) is 1. The summed E-state index contributed by atoms with van der Waals surface area (Å²) >= 11 is 0. The third-order valence-electron chi connectivity index (χ3n) is 3.63. The summed E-state index contributed by atoms with van der Waals surface area (Å²) in [6.45, 7) is 6.66. The van der Waals surface area contributed by atoms with E-state index in [1.807, 2.05) is 24.8 Å². The summed E-state index contributed by atoms with van der Waals surface area (Å²) in [5.41, 5.74) is 0.874. The first-order valence-corrected chi connectivity index (χ1v) is 6.99. The van der Waals surface area contributed by atoms with Gasteiger partial charge in [-0.25, -0.2) is 4.39 Å². The highest BCUT2D eigenvalue weighted by molar-refractivity contribution is 5.55. The van der Waals surface area contributed by atoms with Crippen LogP contribution in [0.15, 0.2) is 18.2 Å². The van der Waals surface area contributed by atoms with Crippen LogP contribution in [-0.4, -0.2) is 30.3 Å². The second-order valence-electron chi connectivity index (χ2n) is 5.55. The number of hydrogen-bond donors (Lipinski definition) is 2. The fourth-order valence-electron chi connectivity index (χ4n) is 2.73. The van der Waals surface area contributed by atoms with Crippen LogP contribution < -0.4 is 10.2 Å². The molecule has 1 aromatic rings. The normalized spacial score (nSPS) is 23.7. The van der Waals surface area contributed by atoms with E-state index in [0.717, 1.165) is 31.5 Å². The van der Waals surface area contributed by atoms with Crippen LogP contribution in [-0.2, 0) is 6.54 Å². The molecular weight excluding hydrogens is 243 g/mol. The fraction of sp³-hybridized carbons (Fsp3) is 0.600.